The van der Waals surface area contributed by atoms with Crippen LogP contribution in [-0.4, -0.2) is 36.9 Å². The van der Waals surface area contributed by atoms with Crippen molar-refractivity contribution in [1.82, 2.24) is 10.2 Å². The van der Waals surface area contributed by atoms with Crippen molar-refractivity contribution in [1.29, 1.82) is 0 Å². The largest absolute Gasteiger partial charge is 0.359 e. The molecular formula is C16H22N2O2S. The number of carbonyl (C=O) groups is 2. The Morgan fingerprint density at radius 2 is 2.10 bits per heavy atom. The fourth-order valence-corrected chi connectivity index (χ4v) is 4.67. The van der Waals surface area contributed by atoms with E-state index in [9.17, 15) is 9.59 Å². The topological polar surface area (TPSA) is 49.4 Å². The van der Waals surface area contributed by atoms with Crippen LogP contribution < -0.4 is 5.32 Å². The lowest BCUT2D eigenvalue weighted by atomic mass is 9.67. The summed E-state index contributed by atoms with van der Waals surface area (Å²) in [4.78, 5) is 27.6. The Hall–Kier alpha value is -1.36. The molecule has 2 heterocycles. The zero-order valence-corrected chi connectivity index (χ0v) is 13.2. The molecule has 5 heteroatoms. The maximum Gasteiger partial charge on any atom is 0.263 e. The molecule has 3 rings (SSSR count). The van der Waals surface area contributed by atoms with Gasteiger partial charge >= 0.3 is 0 Å². The summed E-state index contributed by atoms with van der Waals surface area (Å²) in [6.45, 7) is 1.30. The highest BCUT2D eigenvalue weighted by molar-refractivity contribution is 7.12. The third kappa shape index (κ3) is 2.59. The van der Waals surface area contributed by atoms with Gasteiger partial charge in [-0.3, -0.25) is 9.59 Å². The summed E-state index contributed by atoms with van der Waals surface area (Å²) in [5.74, 6) is 0.131. The van der Waals surface area contributed by atoms with Crippen molar-refractivity contribution in [2.75, 3.05) is 20.1 Å². The molecule has 1 unspecified atom stereocenters. The van der Waals surface area contributed by atoms with E-state index >= 15 is 0 Å². The predicted molar refractivity (Wildman–Crippen MR) is 83.3 cm³/mol. The Balaban J connectivity index is 1.83. The van der Waals surface area contributed by atoms with Crippen LogP contribution >= 0.6 is 11.3 Å². The summed E-state index contributed by atoms with van der Waals surface area (Å²) in [5, 5.41) is 4.72. The first-order valence-corrected chi connectivity index (χ1v) is 8.59. The molecule has 0 aromatic carbocycles. The van der Waals surface area contributed by atoms with Crippen LogP contribution in [0.5, 0.6) is 0 Å². The van der Waals surface area contributed by atoms with Gasteiger partial charge in [0.1, 0.15) is 0 Å². The number of thiophene rings is 1. The van der Waals surface area contributed by atoms with Gasteiger partial charge in [0.2, 0.25) is 5.91 Å². The van der Waals surface area contributed by atoms with Crippen LogP contribution in [0.3, 0.4) is 0 Å². The number of carbonyl (C=O) groups excluding carboxylic acids is 2. The van der Waals surface area contributed by atoms with Crippen molar-refractivity contribution in [2.45, 2.75) is 32.1 Å². The Morgan fingerprint density at radius 1 is 1.33 bits per heavy atom. The van der Waals surface area contributed by atoms with Gasteiger partial charge < -0.3 is 10.2 Å². The molecule has 2 amide bonds. The number of amides is 2. The minimum absolute atomic E-state index is 0.00522. The van der Waals surface area contributed by atoms with Crippen molar-refractivity contribution in [3.8, 4) is 0 Å². The predicted octanol–water partition coefficient (Wildman–Crippen LogP) is 2.52. The monoisotopic (exact) mass is 306 g/mol. The van der Waals surface area contributed by atoms with Crippen molar-refractivity contribution in [3.63, 3.8) is 0 Å². The summed E-state index contributed by atoms with van der Waals surface area (Å²) in [6, 6.07) is 3.77. The second-order valence-electron chi connectivity index (χ2n) is 6.25. The third-order valence-corrected chi connectivity index (χ3v) is 5.94. The highest BCUT2D eigenvalue weighted by Crippen LogP contribution is 2.48. The minimum atomic E-state index is -0.0493. The summed E-state index contributed by atoms with van der Waals surface area (Å²) in [6.07, 6.45) is 5.74. The van der Waals surface area contributed by atoms with Crippen LogP contribution in [0, 0.1) is 11.3 Å². The third-order valence-electron chi connectivity index (χ3n) is 5.08. The summed E-state index contributed by atoms with van der Waals surface area (Å²) >= 11 is 1.48. The molecule has 21 heavy (non-hydrogen) atoms. The highest BCUT2D eigenvalue weighted by atomic mass is 32.1. The summed E-state index contributed by atoms with van der Waals surface area (Å²) in [5.41, 5.74) is 0.00522. The molecule has 2 aliphatic rings. The second-order valence-corrected chi connectivity index (χ2v) is 7.20. The van der Waals surface area contributed by atoms with Crippen molar-refractivity contribution in [3.05, 3.63) is 22.4 Å². The van der Waals surface area contributed by atoms with E-state index < -0.39 is 0 Å². The molecular weight excluding hydrogens is 284 g/mol. The Bertz CT molecular complexity index is 520. The summed E-state index contributed by atoms with van der Waals surface area (Å²) < 4.78 is 0. The number of hydrogen-bond donors (Lipinski definition) is 1. The van der Waals surface area contributed by atoms with E-state index in [2.05, 4.69) is 5.32 Å². The van der Waals surface area contributed by atoms with Gasteiger partial charge in [0.05, 0.1) is 10.8 Å². The Kier molecular flexibility index (Phi) is 4.02. The lowest BCUT2D eigenvalue weighted by molar-refractivity contribution is -0.127. The molecule has 1 aromatic rings. The van der Waals surface area contributed by atoms with Crippen molar-refractivity contribution < 1.29 is 9.59 Å². The molecule has 1 aliphatic carbocycles. The standard InChI is InChI=1S/C16H22N2O2S/c1-17-14(19)12-10-18(15(20)13-6-5-9-21-13)11-16(12)7-3-2-4-8-16/h5-6,9,12H,2-4,7-8,10-11H2,1H3,(H,17,19). The quantitative estimate of drug-likeness (QED) is 0.913. The first-order chi connectivity index (χ1) is 10.2. The number of nitrogens with zero attached hydrogens (tertiary/aromatic N) is 1. The average molecular weight is 306 g/mol. The number of nitrogens with one attached hydrogen (secondary N) is 1. The second kappa shape index (κ2) is 5.79. The van der Waals surface area contributed by atoms with Crippen molar-refractivity contribution >= 4 is 23.2 Å². The molecule has 1 spiro atoms. The van der Waals surface area contributed by atoms with E-state index in [1.807, 2.05) is 22.4 Å². The fourth-order valence-electron chi connectivity index (χ4n) is 3.98. The van der Waals surface area contributed by atoms with E-state index in [0.717, 1.165) is 24.3 Å². The average Bonchev–Trinajstić information content (AvgIpc) is 3.15. The van der Waals surface area contributed by atoms with E-state index in [-0.39, 0.29) is 23.1 Å². The van der Waals surface area contributed by atoms with Gasteiger partial charge in [-0.1, -0.05) is 25.3 Å². The molecule has 1 saturated carbocycles. The van der Waals surface area contributed by atoms with Gasteiger partial charge in [0.25, 0.3) is 5.91 Å². The van der Waals surface area contributed by atoms with Gasteiger partial charge in [-0.15, -0.1) is 11.3 Å². The van der Waals surface area contributed by atoms with Gasteiger partial charge in [-0.05, 0) is 24.3 Å². The Labute approximate surface area is 129 Å². The van der Waals surface area contributed by atoms with Crippen LogP contribution in [0.1, 0.15) is 41.8 Å². The van der Waals surface area contributed by atoms with Crippen LogP contribution in [0.25, 0.3) is 0 Å². The molecule has 1 aliphatic heterocycles. The zero-order chi connectivity index (χ0) is 14.9. The first-order valence-electron chi connectivity index (χ1n) is 7.71. The highest BCUT2D eigenvalue weighted by Gasteiger charge is 2.51. The molecule has 0 radical (unpaired) electrons. The summed E-state index contributed by atoms with van der Waals surface area (Å²) in [7, 11) is 1.70. The van der Waals surface area contributed by atoms with Gasteiger partial charge in [-0.2, -0.15) is 0 Å². The molecule has 2 fully saturated rings. The van der Waals surface area contributed by atoms with Crippen LogP contribution in [0.15, 0.2) is 17.5 Å². The number of hydrogen-bond acceptors (Lipinski definition) is 3. The SMILES string of the molecule is CNC(=O)C1CN(C(=O)c2cccs2)CC12CCCCC2. The van der Waals surface area contributed by atoms with Crippen LogP contribution in [0.4, 0.5) is 0 Å². The molecule has 1 saturated heterocycles. The van der Waals surface area contributed by atoms with Gasteiger partial charge in [0.15, 0.2) is 0 Å². The molecule has 1 N–H and O–H groups in total. The molecule has 114 valence electrons. The molecule has 1 aromatic heterocycles. The van der Waals surface area contributed by atoms with Crippen molar-refractivity contribution in [2.24, 2.45) is 11.3 Å². The van der Waals surface area contributed by atoms with E-state index in [4.69, 9.17) is 0 Å². The van der Waals surface area contributed by atoms with E-state index in [1.165, 1.54) is 30.6 Å². The van der Waals surface area contributed by atoms with Gasteiger partial charge in [-0.25, -0.2) is 0 Å². The normalized spacial score (nSPS) is 24.2. The molecule has 4 nitrogen and oxygen atoms in total. The number of likely N-dealkylation sites (tertiary alicyclic amines) is 1. The van der Waals surface area contributed by atoms with Gasteiger partial charge in [0, 0.05) is 25.6 Å². The molecule has 0 bridgehead atoms. The lowest BCUT2D eigenvalue weighted by Gasteiger charge is -2.37. The van der Waals surface area contributed by atoms with Crippen LogP contribution in [-0.2, 0) is 4.79 Å². The van der Waals surface area contributed by atoms with E-state index in [1.54, 1.807) is 7.05 Å². The Morgan fingerprint density at radius 3 is 2.71 bits per heavy atom. The fraction of sp³-hybridized carbons (Fsp3) is 0.625. The minimum Gasteiger partial charge on any atom is -0.359 e. The smallest absolute Gasteiger partial charge is 0.263 e. The maximum atomic E-state index is 12.6. The maximum absolute atomic E-state index is 12.6. The number of rotatable bonds is 2. The van der Waals surface area contributed by atoms with Crippen LogP contribution in [0.2, 0.25) is 0 Å². The first kappa shape index (κ1) is 14.6. The van der Waals surface area contributed by atoms with E-state index in [0.29, 0.717) is 6.54 Å². The lowest BCUT2D eigenvalue weighted by Crippen LogP contribution is -2.41. The zero-order valence-electron chi connectivity index (χ0n) is 12.4. The molecule has 1 atom stereocenters.